The zero-order chi connectivity index (χ0) is 14.9. The van der Waals surface area contributed by atoms with Crippen LogP contribution in [-0.4, -0.2) is 43.3 Å². The van der Waals surface area contributed by atoms with Gasteiger partial charge < -0.3 is 9.67 Å². The van der Waals surface area contributed by atoms with Crippen molar-refractivity contribution >= 4 is 5.97 Å². The first kappa shape index (κ1) is 15.0. The molecule has 20 heavy (non-hydrogen) atoms. The first-order valence-corrected chi connectivity index (χ1v) is 7.24. The van der Waals surface area contributed by atoms with E-state index in [4.69, 9.17) is 0 Å². The van der Waals surface area contributed by atoms with Gasteiger partial charge in [0, 0.05) is 6.54 Å². The Kier molecular flexibility index (Phi) is 4.42. The summed E-state index contributed by atoms with van der Waals surface area (Å²) >= 11 is 0. The van der Waals surface area contributed by atoms with E-state index in [0.29, 0.717) is 24.9 Å². The summed E-state index contributed by atoms with van der Waals surface area (Å²) in [5.41, 5.74) is 0. The van der Waals surface area contributed by atoms with Crippen molar-refractivity contribution in [1.29, 1.82) is 0 Å². The molecular formula is C14H24N4O2. The molecule has 0 amide bonds. The van der Waals surface area contributed by atoms with E-state index in [1.165, 1.54) is 0 Å². The molecule has 1 aromatic heterocycles. The Morgan fingerprint density at radius 3 is 2.70 bits per heavy atom. The molecular weight excluding hydrogens is 256 g/mol. The van der Waals surface area contributed by atoms with E-state index in [1.54, 1.807) is 0 Å². The number of carboxylic acids is 1. The molecule has 0 saturated carbocycles. The zero-order valence-electron chi connectivity index (χ0n) is 12.7. The van der Waals surface area contributed by atoms with Crippen LogP contribution < -0.4 is 0 Å². The van der Waals surface area contributed by atoms with Crippen LogP contribution in [0.15, 0.2) is 0 Å². The molecule has 6 heteroatoms. The van der Waals surface area contributed by atoms with Crippen LogP contribution in [0.2, 0.25) is 0 Å². The molecule has 0 bridgehead atoms. The van der Waals surface area contributed by atoms with E-state index < -0.39 is 12.0 Å². The van der Waals surface area contributed by atoms with Crippen molar-refractivity contribution in [2.24, 2.45) is 11.8 Å². The SMILES string of the molecule is Cc1nnc2n1CC(C(=O)O)N(CC(C)CC(C)C)C2. The fourth-order valence-corrected chi connectivity index (χ4v) is 3.07. The largest absolute Gasteiger partial charge is 0.480 e. The third-order valence-electron chi connectivity index (χ3n) is 3.86. The Hall–Kier alpha value is -1.43. The molecule has 2 heterocycles. The molecule has 0 aliphatic carbocycles. The van der Waals surface area contributed by atoms with E-state index in [-0.39, 0.29) is 0 Å². The van der Waals surface area contributed by atoms with Gasteiger partial charge in [0.1, 0.15) is 17.7 Å². The van der Waals surface area contributed by atoms with Gasteiger partial charge >= 0.3 is 5.97 Å². The minimum Gasteiger partial charge on any atom is -0.480 e. The summed E-state index contributed by atoms with van der Waals surface area (Å²) in [6.45, 7) is 10.2. The highest BCUT2D eigenvalue weighted by atomic mass is 16.4. The van der Waals surface area contributed by atoms with E-state index in [2.05, 4.69) is 31.0 Å². The Bertz CT molecular complexity index is 484. The van der Waals surface area contributed by atoms with Crippen LogP contribution in [0.4, 0.5) is 0 Å². The van der Waals surface area contributed by atoms with Gasteiger partial charge in [0.2, 0.25) is 0 Å². The van der Waals surface area contributed by atoms with Crippen molar-refractivity contribution in [3.63, 3.8) is 0 Å². The van der Waals surface area contributed by atoms with E-state index in [0.717, 1.165) is 24.6 Å². The quantitative estimate of drug-likeness (QED) is 0.885. The molecule has 0 saturated heterocycles. The van der Waals surface area contributed by atoms with Gasteiger partial charge in [-0.25, -0.2) is 0 Å². The summed E-state index contributed by atoms with van der Waals surface area (Å²) in [6, 6.07) is -0.480. The number of aromatic nitrogens is 3. The molecule has 2 rings (SSSR count). The zero-order valence-corrected chi connectivity index (χ0v) is 12.7. The predicted molar refractivity (Wildman–Crippen MR) is 75.2 cm³/mol. The van der Waals surface area contributed by atoms with E-state index in [9.17, 15) is 9.90 Å². The Labute approximate surface area is 119 Å². The average molecular weight is 280 g/mol. The standard InChI is InChI=1S/C14H24N4O2/c1-9(2)5-10(3)6-17-8-13-16-15-11(4)18(13)7-12(17)14(19)20/h9-10,12H,5-8H2,1-4H3,(H,19,20). The summed E-state index contributed by atoms with van der Waals surface area (Å²) in [7, 11) is 0. The summed E-state index contributed by atoms with van der Waals surface area (Å²) in [6.07, 6.45) is 1.11. The van der Waals surface area contributed by atoms with Crippen molar-refractivity contribution < 1.29 is 9.90 Å². The number of nitrogens with zero attached hydrogens (tertiary/aromatic N) is 4. The topological polar surface area (TPSA) is 71.2 Å². The first-order chi connectivity index (χ1) is 9.38. The summed E-state index contributed by atoms with van der Waals surface area (Å²) < 4.78 is 1.92. The smallest absolute Gasteiger partial charge is 0.322 e. The summed E-state index contributed by atoms with van der Waals surface area (Å²) in [5, 5.41) is 17.7. The molecule has 0 spiro atoms. The first-order valence-electron chi connectivity index (χ1n) is 7.24. The molecule has 1 aliphatic rings. The van der Waals surface area contributed by atoms with Gasteiger partial charge in [0.05, 0.1) is 13.1 Å². The van der Waals surface area contributed by atoms with Crippen LogP contribution >= 0.6 is 0 Å². The van der Waals surface area contributed by atoms with Crippen LogP contribution in [0.1, 0.15) is 38.8 Å². The molecule has 0 aromatic carbocycles. The second-order valence-electron chi connectivity index (χ2n) is 6.29. The highest BCUT2D eigenvalue weighted by Crippen LogP contribution is 2.21. The second kappa shape index (κ2) is 5.91. The van der Waals surface area contributed by atoms with E-state index in [1.807, 2.05) is 16.4 Å². The van der Waals surface area contributed by atoms with Gasteiger partial charge in [-0.3, -0.25) is 9.69 Å². The van der Waals surface area contributed by atoms with Crippen LogP contribution in [-0.2, 0) is 17.9 Å². The minimum atomic E-state index is -0.763. The van der Waals surface area contributed by atoms with Crippen LogP contribution in [0.25, 0.3) is 0 Å². The molecule has 0 radical (unpaired) electrons. The maximum atomic E-state index is 11.5. The molecule has 6 nitrogen and oxygen atoms in total. The van der Waals surface area contributed by atoms with Gasteiger partial charge in [0.15, 0.2) is 0 Å². The number of fused-ring (bicyclic) bond motifs is 1. The highest BCUT2D eigenvalue weighted by Gasteiger charge is 2.33. The van der Waals surface area contributed by atoms with Crippen molar-refractivity contribution in [3.8, 4) is 0 Å². The molecule has 2 atom stereocenters. The molecule has 1 N–H and O–H groups in total. The van der Waals surface area contributed by atoms with Crippen molar-refractivity contribution in [2.75, 3.05) is 6.54 Å². The lowest BCUT2D eigenvalue weighted by atomic mass is 9.97. The maximum Gasteiger partial charge on any atom is 0.322 e. The third kappa shape index (κ3) is 3.17. The molecule has 112 valence electrons. The van der Waals surface area contributed by atoms with Gasteiger partial charge in [0.25, 0.3) is 0 Å². The average Bonchev–Trinajstić information content (AvgIpc) is 2.68. The van der Waals surface area contributed by atoms with Crippen LogP contribution in [0.5, 0.6) is 0 Å². The van der Waals surface area contributed by atoms with Gasteiger partial charge in [-0.05, 0) is 25.2 Å². The Morgan fingerprint density at radius 1 is 1.40 bits per heavy atom. The number of hydrogen-bond donors (Lipinski definition) is 1. The molecule has 1 aromatic rings. The summed E-state index contributed by atoms with van der Waals surface area (Å²) in [4.78, 5) is 13.5. The lowest BCUT2D eigenvalue weighted by Crippen LogP contribution is -2.49. The van der Waals surface area contributed by atoms with Crippen molar-refractivity contribution in [2.45, 2.75) is 53.2 Å². The third-order valence-corrected chi connectivity index (χ3v) is 3.86. The second-order valence-corrected chi connectivity index (χ2v) is 6.29. The maximum absolute atomic E-state index is 11.5. The van der Waals surface area contributed by atoms with Crippen molar-refractivity contribution in [3.05, 3.63) is 11.6 Å². The number of carboxylic acid groups (broad SMARTS) is 1. The fraction of sp³-hybridized carbons (Fsp3) is 0.786. The minimum absolute atomic E-state index is 0.442. The number of aliphatic carboxylic acids is 1. The summed E-state index contributed by atoms with van der Waals surface area (Å²) in [5.74, 6) is 2.01. The van der Waals surface area contributed by atoms with E-state index >= 15 is 0 Å². The van der Waals surface area contributed by atoms with Gasteiger partial charge in [-0.15, -0.1) is 10.2 Å². The monoisotopic (exact) mass is 280 g/mol. The molecule has 0 fully saturated rings. The van der Waals surface area contributed by atoms with Gasteiger partial charge in [-0.1, -0.05) is 20.8 Å². The Balaban J connectivity index is 2.12. The van der Waals surface area contributed by atoms with Gasteiger partial charge in [-0.2, -0.15) is 0 Å². The predicted octanol–water partition coefficient (Wildman–Crippen LogP) is 1.54. The lowest BCUT2D eigenvalue weighted by molar-refractivity contribution is -0.145. The number of aryl methyl sites for hydroxylation is 1. The fourth-order valence-electron chi connectivity index (χ4n) is 3.07. The normalized spacial score (nSPS) is 20.9. The highest BCUT2D eigenvalue weighted by molar-refractivity contribution is 5.73. The number of hydrogen-bond acceptors (Lipinski definition) is 4. The van der Waals surface area contributed by atoms with Crippen molar-refractivity contribution in [1.82, 2.24) is 19.7 Å². The van der Waals surface area contributed by atoms with Crippen LogP contribution in [0.3, 0.4) is 0 Å². The number of carbonyl (C=O) groups is 1. The number of rotatable bonds is 5. The lowest BCUT2D eigenvalue weighted by Gasteiger charge is -2.35. The molecule has 1 aliphatic heterocycles. The van der Waals surface area contributed by atoms with Crippen LogP contribution in [0, 0.1) is 18.8 Å². The molecule has 2 unspecified atom stereocenters. The Morgan fingerprint density at radius 2 is 2.10 bits per heavy atom.